The van der Waals surface area contributed by atoms with Crippen LogP contribution in [-0.2, 0) is 4.79 Å². The van der Waals surface area contributed by atoms with Gasteiger partial charge in [-0.15, -0.1) is 11.3 Å². The Morgan fingerprint density at radius 3 is 2.62 bits per heavy atom. The van der Waals surface area contributed by atoms with E-state index in [2.05, 4.69) is 10.3 Å². The van der Waals surface area contributed by atoms with E-state index in [1.54, 1.807) is 23.7 Å². The number of hydrogen-bond donors (Lipinski definition) is 1. The highest BCUT2D eigenvalue weighted by Gasteiger charge is 2.09. The number of amides is 1. The van der Waals surface area contributed by atoms with Crippen LogP contribution < -0.4 is 10.1 Å². The molecule has 0 saturated heterocycles. The molecule has 4 rings (SSSR count). The average molecular weight is 401 g/mol. The van der Waals surface area contributed by atoms with Gasteiger partial charge in [0.05, 0.1) is 18.7 Å². The van der Waals surface area contributed by atoms with E-state index in [-0.39, 0.29) is 12.3 Å². The summed E-state index contributed by atoms with van der Waals surface area (Å²) in [6, 6.07) is 21.1. The van der Waals surface area contributed by atoms with Gasteiger partial charge in [0, 0.05) is 34.6 Å². The maximum atomic E-state index is 12.2. The zero-order chi connectivity index (χ0) is 19.9. The van der Waals surface area contributed by atoms with E-state index in [1.165, 1.54) is 0 Å². The van der Waals surface area contributed by atoms with Crippen molar-refractivity contribution in [3.63, 3.8) is 0 Å². The summed E-state index contributed by atoms with van der Waals surface area (Å²) in [6.07, 6.45) is 3.80. The smallest absolute Gasteiger partial charge is 0.227 e. The standard InChI is InChI=1S/C23H19N3O2S/c27-22(11-14-28-20-7-2-1-3-8-20)25-19-6-4-5-18(15-19)21-16-29-23(26-21)17-9-12-24-13-10-17/h1-10,12-13,15-16H,11,14H2,(H,25,27). The SMILES string of the molecule is O=C(CCOc1ccccc1)Nc1cccc(-c2csc(-c3ccncc3)n2)c1. The lowest BCUT2D eigenvalue weighted by molar-refractivity contribution is -0.116. The third kappa shape index (κ3) is 5.06. The predicted molar refractivity (Wildman–Crippen MR) is 116 cm³/mol. The Labute approximate surface area is 173 Å². The highest BCUT2D eigenvalue weighted by atomic mass is 32.1. The summed E-state index contributed by atoms with van der Waals surface area (Å²) in [4.78, 5) is 21.0. The minimum atomic E-state index is -0.0890. The minimum Gasteiger partial charge on any atom is -0.493 e. The molecule has 1 N–H and O–H groups in total. The first-order valence-corrected chi connectivity index (χ1v) is 10.1. The zero-order valence-corrected chi connectivity index (χ0v) is 16.4. The van der Waals surface area contributed by atoms with Crippen LogP contribution in [0.2, 0.25) is 0 Å². The van der Waals surface area contributed by atoms with Gasteiger partial charge >= 0.3 is 0 Å². The van der Waals surface area contributed by atoms with Crippen molar-refractivity contribution in [2.45, 2.75) is 6.42 Å². The van der Waals surface area contributed by atoms with E-state index in [0.717, 1.165) is 33.3 Å². The van der Waals surface area contributed by atoms with Crippen molar-refractivity contribution in [1.82, 2.24) is 9.97 Å². The molecule has 144 valence electrons. The van der Waals surface area contributed by atoms with Crippen molar-refractivity contribution >= 4 is 22.9 Å². The molecular weight excluding hydrogens is 382 g/mol. The van der Waals surface area contributed by atoms with Crippen LogP contribution in [0.15, 0.2) is 84.5 Å². The van der Waals surface area contributed by atoms with E-state index in [1.807, 2.05) is 72.1 Å². The summed E-state index contributed by atoms with van der Waals surface area (Å²) < 4.78 is 5.58. The third-order valence-electron chi connectivity index (χ3n) is 4.21. The molecule has 0 spiro atoms. The summed E-state index contributed by atoms with van der Waals surface area (Å²) in [7, 11) is 0. The lowest BCUT2D eigenvalue weighted by atomic mass is 10.1. The number of nitrogens with one attached hydrogen (secondary N) is 1. The van der Waals surface area contributed by atoms with Gasteiger partial charge in [0.1, 0.15) is 10.8 Å². The van der Waals surface area contributed by atoms with Gasteiger partial charge in [0.2, 0.25) is 5.91 Å². The molecule has 0 radical (unpaired) electrons. The van der Waals surface area contributed by atoms with Crippen LogP contribution in [0.1, 0.15) is 6.42 Å². The van der Waals surface area contributed by atoms with Gasteiger partial charge < -0.3 is 10.1 Å². The average Bonchev–Trinajstić information content (AvgIpc) is 3.26. The normalized spacial score (nSPS) is 10.5. The van der Waals surface area contributed by atoms with Crippen molar-refractivity contribution in [3.05, 3.63) is 84.5 Å². The van der Waals surface area contributed by atoms with Crippen LogP contribution >= 0.6 is 11.3 Å². The van der Waals surface area contributed by atoms with Crippen LogP contribution in [0, 0.1) is 0 Å². The second kappa shape index (κ2) is 9.12. The molecular formula is C23H19N3O2S. The lowest BCUT2D eigenvalue weighted by Crippen LogP contribution is -2.15. The van der Waals surface area contributed by atoms with Gasteiger partial charge in [-0.1, -0.05) is 30.3 Å². The van der Waals surface area contributed by atoms with Crippen LogP contribution in [0.3, 0.4) is 0 Å². The first kappa shape index (κ1) is 18.8. The van der Waals surface area contributed by atoms with Gasteiger partial charge in [0.15, 0.2) is 0 Å². The molecule has 0 atom stereocenters. The highest BCUT2D eigenvalue weighted by molar-refractivity contribution is 7.13. The topological polar surface area (TPSA) is 64.1 Å². The fraction of sp³-hybridized carbons (Fsp3) is 0.0870. The van der Waals surface area contributed by atoms with Gasteiger partial charge in [-0.3, -0.25) is 9.78 Å². The molecule has 2 aromatic heterocycles. The molecule has 0 aliphatic rings. The number of carbonyl (C=O) groups is 1. The summed E-state index contributed by atoms with van der Waals surface area (Å²) in [5.41, 5.74) is 3.62. The Hall–Kier alpha value is -3.51. The fourth-order valence-corrected chi connectivity index (χ4v) is 3.63. The molecule has 1 amide bonds. The number of benzene rings is 2. The number of rotatable bonds is 7. The van der Waals surface area contributed by atoms with E-state index >= 15 is 0 Å². The highest BCUT2D eigenvalue weighted by Crippen LogP contribution is 2.29. The fourth-order valence-electron chi connectivity index (χ4n) is 2.79. The van der Waals surface area contributed by atoms with Gasteiger partial charge in [-0.25, -0.2) is 4.98 Å². The Balaban J connectivity index is 1.37. The van der Waals surface area contributed by atoms with Crippen molar-refractivity contribution in [2.24, 2.45) is 0 Å². The molecule has 0 unspecified atom stereocenters. The third-order valence-corrected chi connectivity index (χ3v) is 5.11. The Kier molecular flexibility index (Phi) is 5.92. The van der Waals surface area contributed by atoms with Crippen LogP contribution in [0.4, 0.5) is 5.69 Å². The van der Waals surface area contributed by atoms with Crippen LogP contribution in [0.25, 0.3) is 21.8 Å². The van der Waals surface area contributed by atoms with Gasteiger partial charge in [-0.05, 0) is 36.4 Å². The molecule has 0 aliphatic heterocycles. The van der Waals surface area contributed by atoms with Crippen LogP contribution in [-0.4, -0.2) is 22.5 Å². The Morgan fingerprint density at radius 2 is 1.79 bits per heavy atom. The molecule has 2 aromatic carbocycles. The number of nitrogens with zero attached hydrogens (tertiary/aromatic N) is 2. The molecule has 0 aliphatic carbocycles. The maximum Gasteiger partial charge on any atom is 0.227 e. The molecule has 29 heavy (non-hydrogen) atoms. The monoisotopic (exact) mass is 401 g/mol. The van der Waals surface area contributed by atoms with Gasteiger partial charge in [0.25, 0.3) is 0 Å². The van der Waals surface area contributed by atoms with E-state index in [9.17, 15) is 4.79 Å². The van der Waals surface area contributed by atoms with Gasteiger partial charge in [-0.2, -0.15) is 0 Å². The molecule has 4 aromatic rings. The number of carbonyl (C=O) groups excluding carboxylic acids is 1. The Bertz CT molecular complexity index is 1080. The number of aromatic nitrogens is 2. The van der Waals surface area contributed by atoms with Crippen molar-refractivity contribution < 1.29 is 9.53 Å². The number of thiazole rings is 1. The van der Waals surface area contributed by atoms with Crippen LogP contribution in [0.5, 0.6) is 5.75 Å². The largest absolute Gasteiger partial charge is 0.493 e. The molecule has 6 heteroatoms. The van der Waals surface area contributed by atoms with E-state index < -0.39 is 0 Å². The number of para-hydroxylation sites is 1. The number of pyridine rings is 1. The maximum absolute atomic E-state index is 12.2. The first-order chi connectivity index (χ1) is 14.3. The quantitative estimate of drug-likeness (QED) is 0.458. The lowest BCUT2D eigenvalue weighted by Gasteiger charge is -2.08. The summed E-state index contributed by atoms with van der Waals surface area (Å²) in [5.74, 6) is 0.671. The second-order valence-corrected chi connectivity index (χ2v) is 7.17. The summed E-state index contributed by atoms with van der Waals surface area (Å²) in [6.45, 7) is 0.330. The van der Waals surface area contributed by atoms with Crippen molar-refractivity contribution in [3.8, 4) is 27.6 Å². The first-order valence-electron chi connectivity index (χ1n) is 9.22. The Morgan fingerprint density at radius 1 is 0.966 bits per heavy atom. The number of ether oxygens (including phenoxy) is 1. The molecule has 0 saturated carbocycles. The number of hydrogen-bond acceptors (Lipinski definition) is 5. The van der Waals surface area contributed by atoms with E-state index in [4.69, 9.17) is 9.72 Å². The molecule has 5 nitrogen and oxygen atoms in total. The molecule has 0 bridgehead atoms. The van der Waals surface area contributed by atoms with Crippen molar-refractivity contribution in [1.29, 1.82) is 0 Å². The second-order valence-electron chi connectivity index (χ2n) is 6.31. The van der Waals surface area contributed by atoms with E-state index in [0.29, 0.717) is 6.61 Å². The molecule has 0 fully saturated rings. The zero-order valence-electron chi connectivity index (χ0n) is 15.6. The predicted octanol–water partition coefficient (Wildman–Crippen LogP) is 5.28. The van der Waals surface area contributed by atoms with Crippen molar-refractivity contribution in [2.75, 3.05) is 11.9 Å². The molecule has 2 heterocycles. The summed E-state index contributed by atoms with van der Waals surface area (Å²) in [5, 5.41) is 5.88. The number of anilines is 1. The summed E-state index contributed by atoms with van der Waals surface area (Å²) >= 11 is 1.58. The minimum absolute atomic E-state index is 0.0890.